The zero-order valence-electron chi connectivity index (χ0n) is 17.3. The van der Waals surface area contributed by atoms with Crippen LogP contribution in [0.15, 0.2) is 35.5 Å². The minimum absolute atomic E-state index is 0.163. The zero-order valence-corrected chi connectivity index (χ0v) is 18.2. The molecule has 7 heteroatoms. The van der Waals surface area contributed by atoms with Crippen molar-refractivity contribution in [2.75, 3.05) is 27.2 Å². The van der Waals surface area contributed by atoms with Gasteiger partial charge in [-0.1, -0.05) is 49.0 Å². The minimum atomic E-state index is -0.163. The molecule has 2 heterocycles. The van der Waals surface area contributed by atoms with Crippen molar-refractivity contribution >= 4 is 17.7 Å². The Bertz CT molecular complexity index is 770. The van der Waals surface area contributed by atoms with Gasteiger partial charge in [0.1, 0.15) is 0 Å². The summed E-state index contributed by atoms with van der Waals surface area (Å²) in [7, 11) is 4.14. The van der Waals surface area contributed by atoms with Gasteiger partial charge in [0.05, 0.1) is 17.8 Å². The quantitative estimate of drug-likeness (QED) is 0.634. The fourth-order valence-electron chi connectivity index (χ4n) is 3.73. The number of hydrogen-bond acceptors (Lipinski definition) is 5. The number of hydrogen-bond donors (Lipinski definition) is 0. The van der Waals surface area contributed by atoms with E-state index in [9.17, 15) is 4.79 Å². The lowest BCUT2D eigenvalue weighted by Crippen LogP contribution is -2.34. The molecule has 1 aromatic carbocycles. The van der Waals surface area contributed by atoms with E-state index in [-0.39, 0.29) is 17.2 Å². The average molecular weight is 402 g/mol. The summed E-state index contributed by atoms with van der Waals surface area (Å²) >= 11 is 1.52. The molecule has 2 aromatic rings. The molecule has 152 valence electrons. The Hall–Kier alpha value is -1.86. The van der Waals surface area contributed by atoms with Gasteiger partial charge in [-0.25, -0.2) is 0 Å². The van der Waals surface area contributed by atoms with Crippen LogP contribution in [0.1, 0.15) is 50.5 Å². The molecular formula is C21H31N5OS. The number of aromatic nitrogens is 3. The van der Waals surface area contributed by atoms with Crippen LogP contribution in [0, 0.1) is 0 Å². The van der Waals surface area contributed by atoms with Crippen LogP contribution in [0.4, 0.5) is 0 Å². The van der Waals surface area contributed by atoms with E-state index in [2.05, 4.69) is 64.9 Å². The molecule has 3 rings (SSSR count). The number of thioether (sulfide) groups is 1. The van der Waals surface area contributed by atoms with E-state index in [0.29, 0.717) is 6.54 Å². The SMILES string of the molecule is CC[C@@H](c1nnc(S[C@H](C)C(=O)N2CCCC2)n1Cc1ccccc1)N(C)C. The summed E-state index contributed by atoms with van der Waals surface area (Å²) in [4.78, 5) is 16.9. The van der Waals surface area contributed by atoms with Gasteiger partial charge in [-0.05, 0) is 45.8 Å². The van der Waals surface area contributed by atoms with Crippen molar-refractivity contribution in [1.82, 2.24) is 24.6 Å². The molecule has 1 aromatic heterocycles. The van der Waals surface area contributed by atoms with Gasteiger partial charge in [0, 0.05) is 13.1 Å². The molecule has 1 aliphatic rings. The Morgan fingerprint density at radius 1 is 1.18 bits per heavy atom. The van der Waals surface area contributed by atoms with Gasteiger partial charge in [0.25, 0.3) is 0 Å². The van der Waals surface area contributed by atoms with E-state index >= 15 is 0 Å². The van der Waals surface area contributed by atoms with Crippen LogP contribution in [0.5, 0.6) is 0 Å². The molecule has 0 N–H and O–H groups in total. The highest BCUT2D eigenvalue weighted by Gasteiger charge is 2.28. The summed E-state index contributed by atoms with van der Waals surface area (Å²) in [6, 6.07) is 10.6. The zero-order chi connectivity index (χ0) is 20.1. The lowest BCUT2D eigenvalue weighted by Gasteiger charge is -2.24. The summed E-state index contributed by atoms with van der Waals surface area (Å²) in [5, 5.41) is 9.69. The van der Waals surface area contributed by atoms with Crippen molar-refractivity contribution in [3.8, 4) is 0 Å². The first-order valence-electron chi connectivity index (χ1n) is 10.1. The maximum Gasteiger partial charge on any atom is 0.235 e. The fourth-order valence-corrected chi connectivity index (χ4v) is 4.67. The molecule has 0 saturated carbocycles. The largest absolute Gasteiger partial charge is 0.342 e. The van der Waals surface area contributed by atoms with Gasteiger partial charge >= 0.3 is 0 Å². The van der Waals surface area contributed by atoms with Crippen LogP contribution >= 0.6 is 11.8 Å². The smallest absolute Gasteiger partial charge is 0.235 e. The Morgan fingerprint density at radius 2 is 1.86 bits per heavy atom. The number of carbonyl (C=O) groups excluding carboxylic acids is 1. The first kappa shape index (κ1) is 20.9. The molecule has 1 fully saturated rings. The van der Waals surface area contributed by atoms with Gasteiger partial charge in [-0.2, -0.15) is 0 Å². The Balaban J connectivity index is 1.87. The Morgan fingerprint density at radius 3 is 2.46 bits per heavy atom. The molecule has 1 aliphatic heterocycles. The van der Waals surface area contributed by atoms with Crippen LogP contribution in [0.25, 0.3) is 0 Å². The maximum atomic E-state index is 12.8. The highest BCUT2D eigenvalue weighted by Crippen LogP contribution is 2.29. The van der Waals surface area contributed by atoms with Crippen LogP contribution < -0.4 is 0 Å². The van der Waals surface area contributed by atoms with E-state index in [4.69, 9.17) is 0 Å². The van der Waals surface area contributed by atoms with Crippen molar-refractivity contribution in [1.29, 1.82) is 0 Å². The van der Waals surface area contributed by atoms with Gasteiger partial charge in [-0.3, -0.25) is 9.69 Å². The van der Waals surface area contributed by atoms with Crippen LogP contribution in [0.3, 0.4) is 0 Å². The summed E-state index contributed by atoms with van der Waals surface area (Å²) in [5.41, 5.74) is 1.21. The summed E-state index contributed by atoms with van der Waals surface area (Å²) < 4.78 is 2.18. The summed E-state index contributed by atoms with van der Waals surface area (Å²) in [6.45, 7) is 6.61. The van der Waals surface area contributed by atoms with E-state index in [1.165, 1.54) is 17.3 Å². The third kappa shape index (κ3) is 4.75. The molecule has 2 atom stereocenters. The monoisotopic (exact) mass is 401 g/mol. The second-order valence-corrected chi connectivity index (χ2v) is 8.90. The topological polar surface area (TPSA) is 54.3 Å². The second-order valence-electron chi connectivity index (χ2n) is 7.59. The van der Waals surface area contributed by atoms with Crippen LogP contribution in [-0.2, 0) is 11.3 Å². The Kier molecular flexibility index (Phi) is 7.13. The number of likely N-dealkylation sites (tertiary alicyclic amines) is 1. The molecule has 0 radical (unpaired) electrons. The van der Waals surface area contributed by atoms with Crippen LogP contribution in [0.2, 0.25) is 0 Å². The van der Waals surface area contributed by atoms with Gasteiger partial charge < -0.3 is 9.47 Å². The number of carbonyl (C=O) groups is 1. The highest BCUT2D eigenvalue weighted by molar-refractivity contribution is 8.00. The summed E-state index contributed by atoms with van der Waals surface area (Å²) in [6.07, 6.45) is 3.17. The first-order chi connectivity index (χ1) is 13.5. The van der Waals surface area contributed by atoms with Crippen molar-refractivity contribution in [2.45, 2.75) is 56.1 Å². The second kappa shape index (κ2) is 9.56. The van der Waals surface area contributed by atoms with E-state index in [1.807, 2.05) is 17.9 Å². The normalized spacial score (nSPS) is 16.5. The van der Waals surface area contributed by atoms with E-state index < -0.39 is 0 Å². The Labute approximate surface area is 172 Å². The third-order valence-electron chi connectivity index (χ3n) is 5.28. The predicted octanol–water partition coefficient (Wildman–Crippen LogP) is 3.44. The number of amides is 1. The maximum absolute atomic E-state index is 12.8. The molecule has 0 spiro atoms. The van der Waals surface area contributed by atoms with Gasteiger partial charge in [-0.15, -0.1) is 10.2 Å². The molecule has 6 nitrogen and oxygen atoms in total. The van der Waals surface area contributed by atoms with Crippen molar-refractivity contribution in [2.24, 2.45) is 0 Å². The van der Waals surface area contributed by atoms with Gasteiger partial charge in [0.2, 0.25) is 5.91 Å². The molecule has 0 bridgehead atoms. The van der Waals surface area contributed by atoms with Crippen molar-refractivity contribution < 1.29 is 4.79 Å². The summed E-state index contributed by atoms with van der Waals surface area (Å²) in [5.74, 6) is 1.16. The van der Waals surface area contributed by atoms with Gasteiger partial charge in [0.15, 0.2) is 11.0 Å². The minimum Gasteiger partial charge on any atom is -0.342 e. The molecule has 28 heavy (non-hydrogen) atoms. The molecule has 1 saturated heterocycles. The number of benzene rings is 1. The predicted molar refractivity (Wildman–Crippen MR) is 113 cm³/mol. The average Bonchev–Trinajstić information content (AvgIpc) is 3.34. The van der Waals surface area contributed by atoms with E-state index in [1.54, 1.807) is 0 Å². The molecular weight excluding hydrogens is 370 g/mol. The number of rotatable bonds is 8. The van der Waals surface area contributed by atoms with Crippen molar-refractivity contribution in [3.63, 3.8) is 0 Å². The molecule has 0 unspecified atom stereocenters. The fraction of sp³-hybridized carbons (Fsp3) is 0.571. The van der Waals surface area contributed by atoms with Crippen LogP contribution in [-0.4, -0.2) is 62.9 Å². The standard InChI is InChI=1S/C21H31N5OS/c1-5-18(24(3)4)19-22-23-21(26(19)15-17-11-7-6-8-12-17)28-16(2)20(27)25-13-9-10-14-25/h6-8,11-12,16,18H,5,9-10,13-15H2,1-4H3/t16-,18+/m1/s1. The number of nitrogens with zero attached hydrogens (tertiary/aromatic N) is 5. The first-order valence-corrected chi connectivity index (χ1v) is 11.0. The van der Waals surface area contributed by atoms with E-state index in [0.717, 1.165) is 43.3 Å². The van der Waals surface area contributed by atoms with Crippen molar-refractivity contribution in [3.05, 3.63) is 41.7 Å². The lowest BCUT2D eigenvalue weighted by molar-refractivity contribution is -0.129. The lowest BCUT2D eigenvalue weighted by atomic mass is 10.2. The third-order valence-corrected chi connectivity index (χ3v) is 6.35. The molecule has 1 amide bonds. The molecule has 0 aliphatic carbocycles. The highest BCUT2D eigenvalue weighted by atomic mass is 32.2.